The van der Waals surface area contributed by atoms with E-state index in [1.54, 1.807) is 0 Å². The van der Waals surface area contributed by atoms with E-state index in [9.17, 15) is 14.4 Å². The molecule has 2 aliphatic rings. The number of ether oxygens (including phenoxy) is 2. The summed E-state index contributed by atoms with van der Waals surface area (Å²) in [6.07, 6.45) is 4.35. The lowest BCUT2D eigenvalue weighted by Crippen LogP contribution is -2.39. The zero-order valence-electron chi connectivity index (χ0n) is 15.6. The van der Waals surface area contributed by atoms with Gasteiger partial charge in [0.2, 0.25) is 12.7 Å². The molecule has 0 unspecified atom stereocenters. The van der Waals surface area contributed by atoms with E-state index in [0.717, 1.165) is 37.0 Å². The number of aromatic amines is 1. The second-order valence-corrected chi connectivity index (χ2v) is 7.20. The highest BCUT2D eigenvalue weighted by molar-refractivity contribution is 5.76. The van der Waals surface area contributed by atoms with Crippen molar-refractivity contribution in [2.45, 2.75) is 51.2 Å². The minimum atomic E-state index is -0.361. The van der Waals surface area contributed by atoms with Gasteiger partial charge in [-0.3, -0.25) is 19.5 Å². The van der Waals surface area contributed by atoms with Crippen LogP contribution in [0, 0.1) is 0 Å². The van der Waals surface area contributed by atoms with Crippen LogP contribution in [0.3, 0.4) is 0 Å². The number of hydrogen-bond acceptors (Lipinski definition) is 5. The Labute approximate surface area is 161 Å². The zero-order valence-corrected chi connectivity index (χ0v) is 15.6. The first kappa shape index (κ1) is 18.3. The molecule has 0 spiro atoms. The number of aromatic nitrogens is 2. The topological polar surface area (TPSA) is 93.6 Å². The van der Waals surface area contributed by atoms with E-state index in [1.165, 1.54) is 16.8 Å². The smallest absolute Gasteiger partial charge is 0.265 e. The van der Waals surface area contributed by atoms with Crippen LogP contribution in [-0.2, 0) is 17.9 Å². The average Bonchev–Trinajstić information content (AvgIpc) is 3.38. The maximum atomic E-state index is 13.0. The summed E-state index contributed by atoms with van der Waals surface area (Å²) < 4.78 is 12.0. The quantitative estimate of drug-likeness (QED) is 0.816. The molecule has 1 N–H and O–H groups in total. The maximum Gasteiger partial charge on any atom is 0.265 e. The highest BCUT2D eigenvalue weighted by atomic mass is 16.7. The highest BCUT2D eigenvalue weighted by Crippen LogP contribution is 2.33. The second kappa shape index (κ2) is 7.92. The zero-order chi connectivity index (χ0) is 19.5. The fourth-order valence-electron chi connectivity index (χ4n) is 3.85. The molecule has 1 fully saturated rings. The number of rotatable bonds is 6. The lowest BCUT2D eigenvalue weighted by molar-refractivity contribution is -0.134. The van der Waals surface area contributed by atoms with Crippen molar-refractivity contribution in [1.29, 1.82) is 0 Å². The lowest BCUT2D eigenvalue weighted by Gasteiger charge is -2.29. The maximum absolute atomic E-state index is 13.0. The van der Waals surface area contributed by atoms with Gasteiger partial charge in [-0.15, -0.1) is 0 Å². The summed E-state index contributed by atoms with van der Waals surface area (Å²) in [5, 5.41) is 2.46. The fraction of sp³-hybridized carbons (Fsp3) is 0.450. The van der Waals surface area contributed by atoms with Crippen LogP contribution >= 0.6 is 0 Å². The molecule has 0 atom stereocenters. The normalized spacial score (nSPS) is 15.7. The van der Waals surface area contributed by atoms with Crippen LogP contribution in [-0.4, -0.2) is 33.4 Å². The van der Waals surface area contributed by atoms with Crippen molar-refractivity contribution in [2.24, 2.45) is 0 Å². The van der Waals surface area contributed by atoms with Gasteiger partial charge in [-0.2, -0.15) is 0 Å². The summed E-state index contributed by atoms with van der Waals surface area (Å²) in [7, 11) is 0. The Bertz CT molecular complexity index is 974. The predicted molar refractivity (Wildman–Crippen MR) is 101 cm³/mol. The van der Waals surface area contributed by atoms with Crippen LogP contribution < -0.4 is 20.6 Å². The van der Waals surface area contributed by atoms with Crippen LogP contribution in [0.1, 0.15) is 37.7 Å². The third-order valence-corrected chi connectivity index (χ3v) is 5.31. The minimum absolute atomic E-state index is 0.0267. The van der Waals surface area contributed by atoms with E-state index in [1.807, 2.05) is 23.1 Å². The number of amides is 1. The Morgan fingerprint density at radius 2 is 1.89 bits per heavy atom. The third kappa shape index (κ3) is 3.95. The number of carbonyl (C=O) groups excluding carboxylic acids is 1. The number of nitrogens with one attached hydrogen (secondary N) is 1. The van der Waals surface area contributed by atoms with Crippen molar-refractivity contribution in [3.8, 4) is 11.5 Å². The molecule has 1 amide bonds. The van der Waals surface area contributed by atoms with E-state index < -0.39 is 0 Å². The Morgan fingerprint density at radius 3 is 2.71 bits per heavy atom. The predicted octanol–water partition coefficient (Wildman–Crippen LogP) is 1.63. The number of hydrogen-bond donors (Lipinski definition) is 1. The van der Waals surface area contributed by atoms with Gasteiger partial charge >= 0.3 is 0 Å². The molecule has 1 aliphatic carbocycles. The number of fused-ring (bicyclic) bond motifs is 1. The molecule has 8 heteroatoms. The van der Waals surface area contributed by atoms with Gasteiger partial charge in [0.05, 0.1) is 6.54 Å². The molecule has 2 aromatic rings. The number of benzene rings is 1. The molecule has 0 saturated heterocycles. The van der Waals surface area contributed by atoms with Crippen molar-refractivity contribution in [2.75, 3.05) is 6.79 Å². The van der Waals surface area contributed by atoms with Gasteiger partial charge < -0.3 is 14.4 Å². The minimum Gasteiger partial charge on any atom is -0.454 e. The van der Waals surface area contributed by atoms with Gasteiger partial charge in [0.25, 0.3) is 11.1 Å². The van der Waals surface area contributed by atoms with Gasteiger partial charge in [0, 0.05) is 31.1 Å². The summed E-state index contributed by atoms with van der Waals surface area (Å²) in [4.78, 5) is 38.2. The first-order valence-corrected chi connectivity index (χ1v) is 9.58. The van der Waals surface area contributed by atoms with Gasteiger partial charge in [0.1, 0.15) is 0 Å². The summed E-state index contributed by atoms with van der Waals surface area (Å²) >= 11 is 0. The van der Waals surface area contributed by atoms with E-state index in [-0.39, 0.29) is 42.8 Å². The van der Waals surface area contributed by atoms with Crippen molar-refractivity contribution in [1.82, 2.24) is 14.7 Å². The SMILES string of the molecule is O=C(CCn1[nH]c(=O)ccc1=O)N(Cc1ccc2c(c1)OCO2)C1CCCC1. The standard InChI is InChI=1S/C20H23N3O5/c24-18-7-8-20(26)23(21-18)10-9-19(25)22(15-3-1-2-4-15)12-14-5-6-16-17(11-14)28-13-27-16/h5-8,11,15H,1-4,9-10,12-13H2,(H,21,24). The van der Waals surface area contributed by atoms with E-state index >= 15 is 0 Å². The molecule has 1 aliphatic heterocycles. The van der Waals surface area contributed by atoms with Gasteiger partial charge in [0.15, 0.2) is 11.5 Å². The number of aryl methyl sites for hydroxylation is 1. The molecule has 2 heterocycles. The Kier molecular flexibility index (Phi) is 5.18. The molecule has 1 aromatic heterocycles. The molecule has 28 heavy (non-hydrogen) atoms. The highest BCUT2D eigenvalue weighted by Gasteiger charge is 2.27. The van der Waals surface area contributed by atoms with Crippen LogP contribution in [0.5, 0.6) is 11.5 Å². The van der Waals surface area contributed by atoms with Crippen LogP contribution in [0.2, 0.25) is 0 Å². The number of H-pyrrole nitrogens is 1. The Balaban J connectivity index is 1.49. The Hall–Kier alpha value is -3.03. The number of carbonyl (C=O) groups is 1. The molecule has 1 saturated carbocycles. The van der Waals surface area contributed by atoms with E-state index in [4.69, 9.17) is 9.47 Å². The molecule has 1 aromatic carbocycles. The van der Waals surface area contributed by atoms with Gasteiger partial charge in [-0.1, -0.05) is 18.9 Å². The van der Waals surface area contributed by atoms with Crippen LogP contribution in [0.25, 0.3) is 0 Å². The summed E-state index contributed by atoms with van der Waals surface area (Å²) in [6, 6.07) is 8.32. The molecular weight excluding hydrogens is 362 g/mol. The van der Waals surface area contributed by atoms with Crippen LogP contribution in [0.4, 0.5) is 0 Å². The molecule has 148 valence electrons. The largest absolute Gasteiger partial charge is 0.454 e. The van der Waals surface area contributed by atoms with Crippen molar-refractivity contribution >= 4 is 5.91 Å². The van der Waals surface area contributed by atoms with Crippen molar-refractivity contribution < 1.29 is 14.3 Å². The fourth-order valence-corrected chi connectivity index (χ4v) is 3.85. The van der Waals surface area contributed by atoms with Crippen LogP contribution in [0.15, 0.2) is 39.9 Å². The molecule has 0 bridgehead atoms. The van der Waals surface area contributed by atoms with Crippen molar-refractivity contribution in [3.63, 3.8) is 0 Å². The monoisotopic (exact) mass is 385 g/mol. The van der Waals surface area contributed by atoms with E-state index in [2.05, 4.69) is 5.10 Å². The molecule has 0 radical (unpaired) electrons. The Morgan fingerprint density at radius 1 is 1.11 bits per heavy atom. The lowest BCUT2D eigenvalue weighted by atomic mass is 10.1. The van der Waals surface area contributed by atoms with E-state index in [0.29, 0.717) is 12.3 Å². The summed E-state index contributed by atoms with van der Waals surface area (Å²) in [5.41, 5.74) is 0.297. The van der Waals surface area contributed by atoms with Crippen molar-refractivity contribution in [3.05, 3.63) is 56.6 Å². The molecule has 8 nitrogen and oxygen atoms in total. The third-order valence-electron chi connectivity index (χ3n) is 5.31. The summed E-state index contributed by atoms with van der Waals surface area (Å²) in [6.45, 7) is 0.854. The first-order chi connectivity index (χ1) is 13.6. The second-order valence-electron chi connectivity index (χ2n) is 7.20. The van der Waals surface area contributed by atoms with Gasteiger partial charge in [-0.05, 0) is 30.5 Å². The average molecular weight is 385 g/mol. The molecule has 4 rings (SSSR count). The number of nitrogens with zero attached hydrogens (tertiary/aromatic N) is 2. The summed E-state index contributed by atoms with van der Waals surface area (Å²) in [5.74, 6) is 1.39. The molecular formula is C20H23N3O5. The first-order valence-electron chi connectivity index (χ1n) is 9.58. The van der Waals surface area contributed by atoms with Gasteiger partial charge in [-0.25, -0.2) is 4.68 Å².